The average Bonchev–Trinajstić information content (AvgIpc) is 4.17. The predicted molar refractivity (Wildman–Crippen MR) is 259 cm³/mol. The first kappa shape index (κ1) is 72.0. The summed E-state index contributed by atoms with van der Waals surface area (Å²) in [6.07, 6.45) is 5.50. The zero-order valence-electron chi connectivity index (χ0n) is 41.5. The molecule has 3 aromatic heterocycles. The van der Waals surface area contributed by atoms with Gasteiger partial charge in [-0.1, -0.05) is 7.43 Å². The number of aliphatic carboxylic acids is 1. The van der Waals surface area contributed by atoms with Gasteiger partial charge in [0.15, 0.2) is 12.6 Å². The van der Waals surface area contributed by atoms with E-state index < -0.39 is 26.6 Å². The van der Waals surface area contributed by atoms with Gasteiger partial charge in [-0.15, -0.1) is 0 Å². The number of hydrogen-bond acceptors (Lipinski definition) is 18. The first-order valence-corrected chi connectivity index (χ1v) is 20.1. The molecule has 0 saturated carbocycles. The van der Waals surface area contributed by atoms with Crippen molar-refractivity contribution in [1.29, 1.82) is 15.8 Å². The maximum Gasteiger partial charge on any atom is 1.00 e. The maximum atomic E-state index is 12.4. The number of carboxylic acid groups (broad SMARTS) is 1. The fraction of sp³-hybridized carbons (Fsp3) is 0.289. The van der Waals surface area contributed by atoms with Crippen molar-refractivity contribution in [3.8, 4) is 24.0 Å². The molecule has 29 heteroatoms. The molecule has 2 unspecified atom stereocenters. The fourth-order valence-corrected chi connectivity index (χ4v) is 6.15. The number of nitriles is 3. The van der Waals surface area contributed by atoms with E-state index in [1.165, 1.54) is 24.3 Å². The van der Waals surface area contributed by atoms with E-state index in [2.05, 4.69) is 15.8 Å². The number of carbonyl (C=O) groups excluding carboxylic acids is 1. The first-order chi connectivity index (χ1) is 33.8. The van der Waals surface area contributed by atoms with Crippen LogP contribution in [0, 0.1) is 76.7 Å². The molecule has 0 bridgehead atoms. The molecule has 0 radical (unpaired) electrons. The number of nitrogen functional groups attached to an aromatic ring is 2. The number of nitro benzene ring substituents is 3. The number of hydrogen-bond donors (Lipinski definition) is 3. The van der Waals surface area contributed by atoms with Crippen molar-refractivity contribution in [3.63, 3.8) is 0 Å². The second-order valence-electron chi connectivity index (χ2n) is 13.4. The van der Waals surface area contributed by atoms with Crippen LogP contribution in [0.25, 0.3) is 32.5 Å². The Labute approximate surface area is 511 Å². The molecule has 3 aromatic carbocycles. The smallest absolute Gasteiger partial charge is 1.00 e. The van der Waals surface area contributed by atoms with Crippen LogP contribution >= 0.6 is 0 Å². The molecule has 7 rings (SSSR count). The monoisotopic (exact) mass is 1080 g/mol. The summed E-state index contributed by atoms with van der Waals surface area (Å²) in [5.41, 5.74) is 12.7. The van der Waals surface area contributed by atoms with E-state index in [0.29, 0.717) is 46.5 Å². The summed E-state index contributed by atoms with van der Waals surface area (Å²) in [6, 6.07) is 21.6. The van der Waals surface area contributed by atoms with Crippen LogP contribution in [0.1, 0.15) is 55.0 Å². The molecule has 1 aliphatic rings. The van der Waals surface area contributed by atoms with Crippen molar-refractivity contribution in [2.75, 3.05) is 32.2 Å². The number of aryl methyl sites for hydroxylation is 2. The number of nitrogens with zero attached hydrogens (tertiary/aromatic N) is 10. The van der Waals surface area contributed by atoms with Gasteiger partial charge in [0.05, 0.1) is 31.5 Å². The summed E-state index contributed by atoms with van der Waals surface area (Å²) in [7, 11) is 3.28. The van der Waals surface area contributed by atoms with Crippen molar-refractivity contribution < 1.29 is 164 Å². The molecule has 1 saturated heterocycles. The van der Waals surface area contributed by atoms with Crippen molar-refractivity contribution >= 4 is 62.8 Å². The number of halogens is 1. The number of ether oxygens (including phenoxy) is 3. The summed E-state index contributed by atoms with van der Waals surface area (Å²) in [5.74, 6) is -0.387. The number of aromatic nitrogens is 3. The van der Waals surface area contributed by atoms with Crippen molar-refractivity contribution in [1.82, 2.24) is 13.7 Å². The number of non-ortho nitro benzene ring substituents is 3. The molecule has 74 heavy (non-hydrogen) atoms. The number of nitro groups is 3. The van der Waals surface area contributed by atoms with Gasteiger partial charge in [0.2, 0.25) is 0 Å². The number of nitrogens with two attached hydrogens (primary N) is 2. The van der Waals surface area contributed by atoms with Crippen LogP contribution in [0.4, 0.5) is 33.0 Å². The molecule has 26 nitrogen and oxygen atoms in total. The van der Waals surface area contributed by atoms with E-state index in [4.69, 9.17) is 62.7 Å². The van der Waals surface area contributed by atoms with Crippen LogP contribution in [0.5, 0.6) is 0 Å². The van der Waals surface area contributed by atoms with Gasteiger partial charge in [-0.3, -0.25) is 39.9 Å². The summed E-state index contributed by atoms with van der Waals surface area (Å²) in [4.78, 5) is 53.2. The quantitative estimate of drug-likeness (QED) is 0.0268. The maximum absolute atomic E-state index is 12.4. The normalized spacial score (nSPS) is 12.0. The second kappa shape index (κ2) is 38.4. The Morgan fingerprint density at radius 3 is 1.61 bits per heavy atom. The van der Waals surface area contributed by atoms with Crippen LogP contribution in [-0.4, -0.2) is 79.4 Å². The minimum Gasteiger partial charge on any atom is -1.00 e. The molecule has 1 fully saturated rings. The van der Waals surface area contributed by atoms with Gasteiger partial charge in [0, 0.05) is 108 Å². The van der Waals surface area contributed by atoms with E-state index in [0.717, 1.165) is 49.2 Å². The van der Waals surface area contributed by atoms with Crippen LogP contribution in [0.15, 0.2) is 79.1 Å². The van der Waals surface area contributed by atoms with Gasteiger partial charge in [-0.2, -0.15) is 15.8 Å². The second-order valence-corrected chi connectivity index (χ2v) is 13.4. The SMILES string of the molecule is C.CC(=O)O.CCn1c(-n2cccc2)c(C#N)c2ccc([N+](=O)[O-])cc21.CCn1c(N)c(C#N)c2ccc([N+](=O)[O-])cc21.COC1CCC(OC)O1.Nc1cc([N+](=O)[O-])ccc1F.O=CO[O-].[2HH].[C-]#[N+]CC#N.[H-].[K+].[K+]. The summed E-state index contributed by atoms with van der Waals surface area (Å²) >= 11 is 0. The molecule has 4 heterocycles. The topological polar surface area (TPSA) is 386 Å². The Hall–Kier alpha value is -6.24. The van der Waals surface area contributed by atoms with Gasteiger partial charge in [0.1, 0.15) is 46.8 Å². The third-order valence-corrected chi connectivity index (χ3v) is 9.08. The number of carboxylic acids is 1. The Bertz CT molecular complexity index is 2930. The Kier molecular flexibility index (Phi) is 37.3. The van der Waals surface area contributed by atoms with E-state index in [1.807, 2.05) is 53.6 Å². The summed E-state index contributed by atoms with van der Waals surface area (Å²) in [6.45, 7) is 11.9. The molecule has 0 amide bonds. The van der Waals surface area contributed by atoms with Crippen LogP contribution in [0.2, 0.25) is 0 Å². The standard InChI is InChI=1S/C15H12N4O2.C11H10N4O2.C6H5FN2O2.C6H12O3.C3H2N2.C2H4O2.CH2O3.CH4.2K.H2.H/c1-2-18-14-9-11(19(20)21)5-6-12(14)13(10-16)15(18)17-7-3-4-8-17;1-2-14-10-5-7(15(16)17)3-4-8(10)9(6-12)11(14)13;7-5-2-1-4(9(10)11)3-6(5)8;1-7-5-3-4-6(8-2)9-5;1-5-3-2-4;1-2(3)4;2-1-4-3;;;;;/h3-9H,2H2,1H3;3-5H,2,13H2,1H3;1-3H,8H2;5-6H,3-4H2,1-2H3;3H2;1H3,(H,3,4);1,3H;1H4;;;1H;/q;;;;;;;;2*+1;;-1/p-1/i;;;;;;;;;;1+1;. The van der Waals surface area contributed by atoms with E-state index in [9.17, 15) is 40.0 Å². The third-order valence-electron chi connectivity index (χ3n) is 9.08. The average molecular weight is 1080 g/mol. The van der Waals surface area contributed by atoms with Gasteiger partial charge >= 0.3 is 103 Å². The predicted octanol–water partition coefficient (Wildman–Crippen LogP) is 1.27. The number of rotatable bonds is 9. The molecular weight excluding hydrogens is 1030 g/mol. The fourth-order valence-electron chi connectivity index (χ4n) is 6.15. The minimum atomic E-state index is -0.833. The van der Waals surface area contributed by atoms with Crippen LogP contribution < -0.4 is 119 Å². The van der Waals surface area contributed by atoms with E-state index in [-0.39, 0.29) is 161 Å². The number of anilines is 2. The molecule has 0 spiro atoms. The van der Waals surface area contributed by atoms with Crippen LogP contribution in [0.3, 0.4) is 0 Å². The largest absolute Gasteiger partial charge is 1.00 e. The number of fused-ring (bicyclic) bond motifs is 2. The molecular formula is C45H53FK2N12O14. The zero-order valence-corrected chi connectivity index (χ0v) is 46.8. The minimum absolute atomic E-state index is 0. The van der Waals surface area contributed by atoms with Crippen molar-refractivity contribution in [2.24, 2.45) is 0 Å². The Balaban J connectivity index is -0.000000276. The molecule has 386 valence electrons. The van der Waals surface area contributed by atoms with Crippen molar-refractivity contribution in [2.45, 2.75) is 66.7 Å². The number of benzene rings is 3. The zero-order chi connectivity index (χ0) is 53.8. The Morgan fingerprint density at radius 2 is 1.28 bits per heavy atom. The van der Waals surface area contributed by atoms with E-state index >= 15 is 0 Å². The van der Waals surface area contributed by atoms with Gasteiger partial charge < -0.3 is 60.9 Å². The van der Waals surface area contributed by atoms with Crippen molar-refractivity contribution in [3.05, 3.63) is 138 Å². The van der Waals surface area contributed by atoms with Gasteiger partial charge in [-0.05, 0) is 44.2 Å². The summed E-state index contributed by atoms with van der Waals surface area (Å²) < 4.78 is 33.0. The first-order valence-electron chi connectivity index (χ1n) is 20.1. The number of carbonyl (C=O) groups is 2. The molecule has 0 aliphatic carbocycles. The van der Waals surface area contributed by atoms with Crippen LogP contribution in [-0.2, 0) is 41.8 Å². The molecule has 5 N–H and O–H groups in total. The summed E-state index contributed by atoms with van der Waals surface area (Å²) in [5, 5.41) is 75.1. The Morgan fingerprint density at radius 1 is 0.878 bits per heavy atom. The third kappa shape index (κ3) is 22.1. The van der Waals surface area contributed by atoms with E-state index in [1.54, 1.807) is 37.0 Å². The molecule has 1 aliphatic heterocycles. The molecule has 6 aromatic rings. The van der Waals surface area contributed by atoms with Gasteiger partial charge in [0.25, 0.3) is 36.0 Å². The molecule has 2 atom stereocenters. The van der Waals surface area contributed by atoms with Gasteiger partial charge in [-0.25, -0.2) is 11.0 Å². The number of methoxy groups -OCH3 is 2.